The summed E-state index contributed by atoms with van der Waals surface area (Å²) in [6.45, 7) is 1.16. The molecule has 0 aliphatic carbocycles. The van der Waals surface area contributed by atoms with Crippen molar-refractivity contribution in [2.24, 2.45) is 0 Å². The number of nitrogens with one attached hydrogen (secondary N) is 2. The van der Waals surface area contributed by atoms with Gasteiger partial charge in [-0.25, -0.2) is 0 Å². The van der Waals surface area contributed by atoms with E-state index in [9.17, 15) is 0 Å². The summed E-state index contributed by atoms with van der Waals surface area (Å²) in [5.74, 6) is 0. The highest BCUT2D eigenvalue weighted by Gasteiger charge is 2.23. The number of benzene rings is 1. The van der Waals surface area contributed by atoms with Gasteiger partial charge in [0.05, 0.1) is 0 Å². The molecule has 76 valence electrons. The minimum atomic E-state index is 0.457. The first kappa shape index (κ1) is 9.69. The molecule has 1 fully saturated rings. The second-order valence-electron chi connectivity index (χ2n) is 3.88. The third-order valence-electron chi connectivity index (χ3n) is 2.97. The van der Waals surface area contributed by atoms with Crippen molar-refractivity contribution in [3.63, 3.8) is 0 Å². The average Bonchev–Trinajstić information content (AvgIpc) is 2.74. The summed E-state index contributed by atoms with van der Waals surface area (Å²) in [6, 6.07) is 11.7. The molecule has 0 bridgehead atoms. The van der Waals surface area contributed by atoms with Gasteiger partial charge in [0.2, 0.25) is 0 Å². The summed E-state index contributed by atoms with van der Waals surface area (Å²) >= 11 is 0. The van der Waals surface area contributed by atoms with Crippen LogP contribution in [0.5, 0.6) is 0 Å². The molecule has 2 rings (SSSR count). The minimum Gasteiger partial charge on any atom is -0.312 e. The number of hydrogen-bond acceptors (Lipinski definition) is 2. The van der Waals surface area contributed by atoms with Crippen LogP contribution in [0.1, 0.15) is 24.4 Å². The Balaban J connectivity index is 2.12. The molecule has 1 heterocycles. The van der Waals surface area contributed by atoms with E-state index in [4.69, 9.17) is 0 Å². The predicted octanol–water partition coefficient (Wildman–Crippen LogP) is 1.70. The largest absolute Gasteiger partial charge is 0.312 e. The van der Waals surface area contributed by atoms with Gasteiger partial charge in [0.15, 0.2) is 0 Å². The summed E-state index contributed by atoms with van der Waals surface area (Å²) in [6.07, 6.45) is 2.58. The fourth-order valence-electron chi connectivity index (χ4n) is 2.26. The van der Waals surface area contributed by atoms with Crippen molar-refractivity contribution in [3.8, 4) is 0 Å². The molecule has 0 radical (unpaired) electrons. The summed E-state index contributed by atoms with van der Waals surface area (Å²) < 4.78 is 0. The second kappa shape index (κ2) is 4.58. The zero-order chi connectivity index (χ0) is 9.80. The van der Waals surface area contributed by atoms with E-state index >= 15 is 0 Å². The van der Waals surface area contributed by atoms with E-state index in [1.165, 1.54) is 18.4 Å². The maximum absolute atomic E-state index is 3.54. The van der Waals surface area contributed by atoms with Crippen LogP contribution in [0, 0.1) is 0 Å². The van der Waals surface area contributed by atoms with Gasteiger partial charge in [-0.15, -0.1) is 0 Å². The molecular weight excluding hydrogens is 172 g/mol. The van der Waals surface area contributed by atoms with E-state index < -0.39 is 0 Å². The zero-order valence-corrected chi connectivity index (χ0v) is 8.66. The molecule has 2 atom stereocenters. The van der Waals surface area contributed by atoms with Crippen LogP contribution < -0.4 is 10.6 Å². The van der Waals surface area contributed by atoms with Gasteiger partial charge < -0.3 is 10.6 Å². The first-order valence-corrected chi connectivity index (χ1v) is 5.37. The molecule has 1 aliphatic heterocycles. The fourth-order valence-corrected chi connectivity index (χ4v) is 2.26. The van der Waals surface area contributed by atoms with Crippen LogP contribution in [0.2, 0.25) is 0 Å². The highest BCUT2D eigenvalue weighted by Crippen LogP contribution is 2.22. The molecule has 14 heavy (non-hydrogen) atoms. The Labute approximate surface area is 85.7 Å². The highest BCUT2D eigenvalue weighted by atomic mass is 15.0. The Morgan fingerprint density at radius 2 is 2.14 bits per heavy atom. The van der Waals surface area contributed by atoms with Crippen molar-refractivity contribution >= 4 is 0 Å². The van der Waals surface area contributed by atoms with Crippen molar-refractivity contribution < 1.29 is 0 Å². The molecular formula is C12H18N2. The second-order valence-corrected chi connectivity index (χ2v) is 3.88. The Morgan fingerprint density at radius 3 is 2.71 bits per heavy atom. The van der Waals surface area contributed by atoms with Gasteiger partial charge in [0, 0.05) is 12.1 Å². The van der Waals surface area contributed by atoms with E-state index in [1.807, 2.05) is 7.05 Å². The van der Waals surface area contributed by atoms with Gasteiger partial charge in [-0.2, -0.15) is 0 Å². The van der Waals surface area contributed by atoms with Crippen molar-refractivity contribution in [2.75, 3.05) is 13.6 Å². The molecule has 1 aromatic carbocycles. The van der Waals surface area contributed by atoms with Gasteiger partial charge in [0.1, 0.15) is 0 Å². The summed E-state index contributed by atoms with van der Waals surface area (Å²) in [5.41, 5.74) is 1.38. The summed E-state index contributed by atoms with van der Waals surface area (Å²) in [7, 11) is 2.04. The molecule has 1 aliphatic rings. The Kier molecular flexibility index (Phi) is 3.17. The average molecular weight is 190 g/mol. The molecule has 0 amide bonds. The number of hydrogen-bond donors (Lipinski definition) is 2. The molecule has 2 nitrogen and oxygen atoms in total. The Hall–Kier alpha value is -0.860. The molecule has 0 spiro atoms. The quantitative estimate of drug-likeness (QED) is 0.758. The van der Waals surface area contributed by atoms with Gasteiger partial charge >= 0.3 is 0 Å². The third-order valence-corrected chi connectivity index (χ3v) is 2.97. The lowest BCUT2D eigenvalue weighted by atomic mass is 9.98. The highest BCUT2D eigenvalue weighted by molar-refractivity contribution is 5.20. The molecule has 0 saturated carbocycles. The van der Waals surface area contributed by atoms with Crippen molar-refractivity contribution in [3.05, 3.63) is 35.9 Å². The van der Waals surface area contributed by atoms with E-state index in [0.717, 1.165) is 6.54 Å². The number of likely N-dealkylation sites (N-methyl/N-ethyl adjacent to an activating group) is 1. The first-order valence-electron chi connectivity index (χ1n) is 5.37. The molecule has 2 N–H and O–H groups in total. The Morgan fingerprint density at radius 1 is 1.36 bits per heavy atom. The topological polar surface area (TPSA) is 24.1 Å². The lowest BCUT2D eigenvalue weighted by molar-refractivity contribution is 0.440. The van der Waals surface area contributed by atoms with Crippen LogP contribution in [0.4, 0.5) is 0 Å². The van der Waals surface area contributed by atoms with Gasteiger partial charge in [0.25, 0.3) is 0 Å². The normalized spacial score (nSPS) is 23.6. The predicted molar refractivity (Wildman–Crippen MR) is 59.3 cm³/mol. The van der Waals surface area contributed by atoms with Crippen LogP contribution in [-0.4, -0.2) is 19.6 Å². The molecule has 2 unspecified atom stereocenters. The van der Waals surface area contributed by atoms with Crippen molar-refractivity contribution in [1.82, 2.24) is 10.6 Å². The fraction of sp³-hybridized carbons (Fsp3) is 0.500. The van der Waals surface area contributed by atoms with E-state index in [-0.39, 0.29) is 0 Å². The van der Waals surface area contributed by atoms with Gasteiger partial charge in [-0.05, 0) is 32.0 Å². The summed E-state index contributed by atoms with van der Waals surface area (Å²) in [4.78, 5) is 0. The first-order chi connectivity index (χ1) is 6.92. The molecule has 0 aromatic heterocycles. The maximum Gasteiger partial charge on any atom is 0.0473 e. The summed E-state index contributed by atoms with van der Waals surface area (Å²) in [5, 5.41) is 6.94. The SMILES string of the molecule is CNC(c1ccccc1)C1CCCN1. The monoisotopic (exact) mass is 190 g/mol. The third kappa shape index (κ3) is 1.97. The zero-order valence-electron chi connectivity index (χ0n) is 8.66. The smallest absolute Gasteiger partial charge is 0.0473 e. The van der Waals surface area contributed by atoms with Crippen molar-refractivity contribution in [1.29, 1.82) is 0 Å². The molecule has 1 saturated heterocycles. The van der Waals surface area contributed by atoms with E-state index in [0.29, 0.717) is 12.1 Å². The van der Waals surface area contributed by atoms with E-state index in [1.54, 1.807) is 0 Å². The lowest BCUT2D eigenvalue weighted by Crippen LogP contribution is -2.36. The van der Waals surface area contributed by atoms with Crippen LogP contribution in [0.25, 0.3) is 0 Å². The van der Waals surface area contributed by atoms with E-state index in [2.05, 4.69) is 41.0 Å². The number of rotatable bonds is 3. The standard InChI is InChI=1S/C12H18N2/c1-13-12(11-8-5-9-14-11)10-6-3-2-4-7-10/h2-4,6-7,11-14H,5,8-9H2,1H3. The van der Waals surface area contributed by atoms with Crippen molar-refractivity contribution in [2.45, 2.75) is 24.9 Å². The van der Waals surface area contributed by atoms with Crippen LogP contribution in [-0.2, 0) is 0 Å². The van der Waals surface area contributed by atoms with Gasteiger partial charge in [-0.3, -0.25) is 0 Å². The van der Waals surface area contributed by atoms with Crippen LogP contribution in [0.15, 0.2) is 30.3 Å². The molecule has 2 heteroatoms. The molecule has 1 aromatic rings. The minimum absolute atomic E-state index is 0.457. The van der Waals surface area contributed by atoms with Gasteiger partial charge in [-0.1, -0.05) is 30.3 Å². The maximum atomic E-state index is 3.54. The Bertz CT molecular complexity index is 265. The van der Waals surface area contributed by atoms with Crippen LogP contribution in [0.3, 0.4) is 0 Å². The lowest BCUT2D eigenvalue weighted by Gasteiger charge is -2.23. The van der Waals surface area contributed by atoms with Crippen LogP contribution >= 0.6 is 0 Å².